The molecule has 5 nitrogen and oxygen atoms in total. The molecule has 0 saturated heterocycles. The number of carbonyl (C=O) groups is 1. The normalized spacial score (nSPS) is 13.2. The summed E-state index contributed by atoms with van der Waals surface area (Å²) in [5.74, 6) is -0.924. The summed E-state index contributed by atoms with van der Waals surface area (Å²) in [5, 5.41) is 15.0. The summed E-state index contributed by atoms with van der Waals surface area (Å²) >= 11 is 0. The van der Waals surface area contributed by atoms with Crippen molar-refractivity contribution in [2.45, 2.75) is 6.42 Å². The van der Waals surface area contributed by atoms with E-state index in [2.05, 4.69) is 10.2 Å². The SMILES string of the molecule is O=C(O)c1cc(-c2c(F)ccc3c2CCO3)n[nH]1. The molecule has 1 aliphatic rings. The van der Waals surface area contributed by atoms with E-state index in [1.54, 1.807) is 6.07 Å². The average Bonchev–Trinajstić information content (AvgIpc) is 2.95. The Bertz CT molecular complexity index is 636. The van der Waals surface area contributed by atoms with E-state index < -0.39 is 11.8 Å². The van der Waals surface area contributed by atoms with Crippen LogP contribution in [-0.4, -0.2) is 27.9 Å². The van der Waals surface area contributed by atoms with E-state index in [-0.39, 0.29) is 11.4 Å². The molecule has 2 aromatic rings. The molecule has 0 unspecified atom stereocenters. The van der Waals surface area contributed by atoms with Gasteiger partial charge in [-0.15, -0.1) is 0 Å². The van der Waals surface area contributed by atoms with Crippen molar-refractivity contribution >= 4 is 5.97 Å². The van der Waals surface area contributed by atoms with Crippen LogP contribution >= 0.6 is 0 Å². The fraction of sp³-hybridized carbons (Fsp3) is 0.167. The van der Waals surface area contributed by atoms with Crippen LogP contribution in [0.2, 0.25) is 0 Å². The molecule has 0 aliphatic carbocycles. The van der Waals surface area contributed by atoms with Gasteiger partial charge in [-0.25, -0.2) is 9.18 Å². The number of fused-ring (bicyclic) bond motifs is 1. The largest absolute Gasteiger partial charge is 0.493 e. The number of rotatable bonds is 2. The summed E-state index contributed by atoms with van der Waals surface area (Å²) in [6.07, 6.45) is 0.595. The average molecular weight is 248 g/mol. The standard InChI is InChI=1S/C12H9FN2O3/c13-7-1-2-10-6(3-4-18-10)11(7)8-5-9(12(16)17)15-14-8/h1-2,5H,3-4H2,(H,14,15)(H,16,17). The van der Waals surface area contributed by atoms with Crippen LogP contribution in [0.4, 0.5) is 4.39 Å². The zero-order valence-electron chi connectivity index (χ0n) is 9.24. The van der Waals surface area contributed by atoms with Crippen LogP contribution < -0.4 is 4.74 Å². The number of aromatic carboxylic acids is 1. The lowest BCUT2D eigenvalue weighted by Gasteiger charge is -2.05. The highest BCUT2D eigenvalue weighted by Crippen LogP contribution is 2.36. The number of aromatic nitrogens is 2. The topological polar surface area (TPSA) is 75.2 Å². The fourth-order valence-corrected chi connectivity index (χ4v) is 2.08. The Labute approximate surface area is 101 Å². The molecule has 92 valence electrons. The first kappa shape index (κ1) is 10.8. The molecule has 3 rings (SSSR count). The van der Waals surface area contributed by atoms with Gasteiger partial charge in [0, 0.05) is 17.5 Å². The molecule has 0 radical (unpaired) electrons. The van der Waals surface area contributed by atoms with Crippen LogP contribution in [0.25, 0.3) is 11.3 Å². The Morgan fingerprint density at radius 3 is 3.06 bits per heavy atom. The van der Waals surface area contributed by atoms with E-state index in [1.165, 1.54) is 12.1 Å². The van der Waals surface area contributed by atoms with E-state index in [1.807, 2.05) is 0 Å². The first-order chi connectivity index (χ1) is 8.66. The van der Waals surface area contributed by atoms with Crippen LogP contribution in [0.1, 0.15) is 16.1 Å². The van der Waals surface area contributed by atoms with Gasteiger partial charge in [-0.2, -0.15) is 5.10 Å². The van der Waals surface area contributed by atoms with Gasteiger partial charge in [0.15, 0.2) is 0 Å². The maximum absolute atomic E-state index is 13.9. The fourth-order valence-electron chi connectivity index (χ4n) is 2.08. The Kier molecular flexibility index (Phi) is 2.29. The lowest BCUT2D eigenvalue weighted by Crippen LogP contribution is -1.95. The first-order valence-corrected chi connectivity index (χ1v) is 5.40. The Balaban J connectivity index is 2.16. The highest BCUT2D eigenvalue weighted by Gasteiger charge is 2.22. The molecule has 1 aliphatic heterocycles. The third-order valence-electron chi connectivity index (χ3n) is 2.89. The summed E-state index contributed by atoms with van der Waals surface area (Å²) in [7, 11) is 0. The predicted octanol–water partition coefficient (Wildman–Crippen LogP) is 1.85. The summed E-state index contributed by atoms with van der Waals surface area (Å²) in [5.41, 5.74) is 1.26. The van der Waals surface area contributed by atoms with Crippen molar-refractivity contribution in [1.29, 1.82) is 0 Å². The van der Waals surface area contributed by atoms with Gasteiger partial charge in [0.1, 0.15) is 17.3 Å². The number of carboxylic acid groups (broad SMARTS) is 1. The minimum Gasteiger partial charge on any atom is -0.493 e. The number of hydrogen-bond donors (Lipinski definition) is 2. The number of halogens is 1. The van der Waals surface area contributed by atoms with Gasteiger partial charge >= 0.3 is 5.97 Å². The number of benzene rings is 1. The van der Waals surface area contributed by atoms with Crippen LogP contribution in [0.15, 0.2) is 18.2 Å². The number of H-pyrrole nitrogens is 1. The molecule has 1 aromatic heterocycles. The Morgan fingerprint density at radius 2 is 2.33 bits per heavy atom. The van der Waals surface area contributed by atoms with Gasteiger partial charge in [0.2, 0.25) is 0 Å². The van der Waals surface area contributed by atoms with Crippen LogP contribution in [0.3, 0.4) is 0 Å². The number of nitrogens with zero attached hydrogens (tertiary/aromatic N) is 1. The second-order valence-corrected chi connectivity index (χ2v) is 3.97. The third kappa shape index (κ3) is 1.54. The zero-order chi connectivity index (χ0) is 12.7. The molecule has 0 amide bonds. The molecule has 18 heavy (non-hydrogen) atoms. The van der Waals surface area contributed by atoms with Crippen LogP contribution in [0.5, 0.6) is 5.75 Å². The van der Waals surface area contributed by atoms with E-state index in [0.29, 0.717) is 24.3 Å². The van der Waals surface area contributed by atoms with Gasteiger partial charge in [-0.05, 0) is 18.2 Å². The molecule has 0 atom stereocenters. The summed E-state index contributed by atoms with van der Waals surface area (Å²) in [4.78, 5) is 10.8. The monoisotopic (exact) mass is 248 g/mol. The van der Waals surface area contributed by atoms with Crippen molar-refractivity contribution in [2.24, 2.45) is 0 Å². The summed E-state index contributed by atoms with van der Waals surface area (Å²) in [6, 6.07) is 4.19. The van der Waals surface area contributed by atoms with E-state index >= 15 is 0 Å². The first-order valence-electron chi connectivity index (χ1n) is 5.40. The highest BCUT2D eigenvalue weighted by molar-refractivity contribution is 5.87. The zero-order valence-corrected chi connectivity index (χ0v) is 9.24. The molecule has 1 aromatic carbocycles. The number of carboxylic acids is 1. The van der Waals surface area contributed by atoms with Gasteiger partial charge in [0.25, 0.3) is 0 Å². The second-order valence-electron chi connectivity index (χ2n) is 3.97. The van der Waals surface area contributed by atoms with Gasteiger partial charge < -0.3 is 9.84 Å². The number of hydrogen-bond acceptors (Lipinski definition) is 3. The smallest absolute Gasteiger partial charge is 0.353 e. The predicted molar refractivity (Wildman–Crippen MR) is 60.1 cm³/mol. The van der Waals surface area contributed by atoms with Crippen LogP contribution in [-0.2, 0) is 6.42 Å². The molecular formula is C12H9FN2O3. The van der Waals surface area contributed by atoms with Gasteiger partial charge in [-0.3, -0.25) is 5.10 Å². The molecule has 2 heterocycles. The van der Waals surface area contributed by atoms with E-state index in [4.69, 9.17) is 9.84 Å². The quantitative estimate of drug-likeness (QED) is 0.850. The van der Waals surface area contributed by atoms with Crippen molar-refractivity contribution in [3.63, 3.8) is 0 Å². The molecule has 0 saturated carbocycles. The molecule has 0 bridgehead atoms. The highest BCUT2D eigenvalue weighted by atomic mass is 19.1. The minimum absolute atomic E-state index is 0.0686. The van der Waals surface area contributed by atoms with Crippen molar-refractivity contribution in [1.82, 2.24) is 10.2 Å². The summed E-state index contributed by atoms with van der Waals surface area (Å²) < 4.78 is 19.2. The molecule has 2 N–H and O–H groups in total. The minimum atomic E-state index is -1.13. The molecule has 0 spiro atoms. The summed E-state index contributed by atoms with van der Waals surface area (Å²) in [6.45, 7) is 0.502. The number of ether oxygens (including phenoxy) is 1. The van der Waals surface area contributed by atoms with Crippen LogP contribution in [0, 0.1) is 5.82 Å². The third-order valence-corrected chi connectivity index (χ3v) is 2.89. The molecular weight excluding hydrogens is 239 g/mol. The van der Waals surface area contributed by atoms with E-state index in [9.17, 15) is 9.18 Å². The van der Waals surface area contributed by atoms with Gasteiger partial charge in [-0.1, -0.05) is 0 Å². The second kappa shape index (κ2) is 3.83. The maximum Gasteiger partial charge on any atom is 0.353 e. The van der Waals surface area contributed by atoms with E-state index in [0.717, 1.165) is 5.56 Å². The Hall–Kier alpha value is -2.37. The van der Waals surface area contributed by atoms with Gasteiger partial charge in [0.05, 0.1) is 12.3 Å². The Morgan fingerprint density at radius 1 is 1.50 bits per heavy atom. The van der Waals surface area contributed by atoms with Crippen molar-refractivity contribution in [3.05, 3.63) is 35.3 Å². The molecule has 0 fully saturated rings. The van der Waals surface area contributed by atoms with Crippen molar-refractivity contribution in [3.8, 4) is 17.0 Å². The number of aromatic amines is 1. The van der Waals surface area contributed by atoms with Crippen molar-refractivity contribution in [2.75, 3.05) is 6.61 Å². The lowest BCUT2D eigenvalue weighted by molar-refractivity contribution is 0.0690. The molecule has 6 heteroatoms. The maximum atomic E-state index is 13.9. The van der Waals surface area contributed by atoms with Crippen molar-refractivity contribution < 1.29 is 19.0 Å². The number of nitrogens with one attached hydrogen (secondary N) is 1. The lowest BCUT2D eigenvalue weighted by atomic mass is 10.0.